The number of hydrogen-bond donors (Lipinski definition) is 0. The first kappa shape index (κ1) is 29.8. The maximum Gasteiger partial charge on any atom is 0.119 e. The molecule has 2 aromatic rings. The van der Waals surface area contributed by atoms with E-state index >= 15 is 0 Å². The van der Waals surface area contributed by atoms with Crippen LogP contribution in [-0.2, 0) is 0 Å². The number of nitrogens with zero attached hydrogens (tertiary/aromatic N) is 4. The fourth-order valence-corrected chi connectivity index (χ4v) is 3.80. The van der Waals surface area contributed by atoms with Crippen molar-refractivity contribution < 1.29 is 18.4 Å². The summed E-state index contributed by atoms with van der Waals surface area (Å²) in [6, 6.07) is 15.6. The maximum absolute atomic E-state index is 5.87. The molecule has 0 N–H and O–H groups in total. The molecular weight excluding hydrogens is 448 g/mol. The van der Waals surface area contributed by atoms with E-state index in [9.17, 15) is 0 Å². The van der Waals surface area contributed by atoms with Crippen LogP contribution in [-0.4, -0.2) is 77.6 Å². The Morgan fingerprint density at radius 1 is 0.472 bits per heavy atom. The highest BCUT2D eigenvalue weighted by Crippen LogP contribution is 2.23. The third kappa shape index (κ3) is 14.8. The summed E-state index contributed by atoms with van der Waals surface area (Å²) in [4.78, 5) is 0. The van der Waals surface area contributed by atoms with Crippen LogP contribution in [0.15, 0.2) is 58.8 Å². The third-order valence-corrected chi connectivity index (χ3v) is 5.94. The molecule has 0 atom stereocenters. The van der Waals surface area contributed by atoms with Gasteiger partial charge in [0, 0.05) is 0 Å². The molecule has 0 radical (unpaired) electrons. The molecule has 0 saturated carbocycles. The Kier molecular flexibility index (Phi) is 12.9. The average Bonchev–Trinajstić information content (AvgIpc) is 2.81. The van der Waals surface area contributed by atoms with Crippen molar-refractivity contribution in [3.8, 4) is 11.5 Å². The van der Waals surface area contributed by atoms with Gasteiger partial charge in [-0.15, -0.1) is 0 Å². The molecule has 36 heavy (non-hydrogen) atoms. The summed E-state index contributed by atoms with van der Waals surface area (Å²) in [6.07, 6.45) is 9.70. The van der Waals surface area contributed by atoms with Crippen LogP contribution in [0.4, 0.5) is 11.4 Å². The van der Waals surface area contributed by atoms with Gasteiger partial charge < -0.3 is 18.4 Å². The predicted octanol–water partition coefficient (Wildman–Crippen LogP) is 7.39. The van der Waals surface area contributed by atoms with Gasteiger partial charge in [-0.05, 0) is 99.9 Å². The smallest absolute Gasteiger partial charge is 0.119 e. The minimum Gasteiger partial charge on any atom is -0.494 e. The lowest BCUT2D eigenvalue weighted by molar-refractivity contribution is -0.870. The summed E-state index contributed by atoms with van der Waals surface area (Å²) in [6.45, 7) is 3.98. The molecule has 6 nitrogen and oxygen atoms in total. The Labute approximate surface area is 220 Å². The van der Waals surface area contributed by atoms with E-state index in [2.05, 4.69) is 52.5 Å². The summed E-state index contributed by atoms with van der Waals surface area (Å²) in [5.41, 5.74) is 1.63. The molecule has 0 aliphatic heterocycles. The fraction of sp³-hybridized carbons (Fsp3) is 0.600. The second kappa shape index (κ2) is 15.6. The first-order chi connectivity index (χ1) is 17.1. The van der Waals surface area contributed by atoms with E-state index in [-0.39, 0.29) is 0 Å². The predicted molar refractivity (Wildman–Crippen MR) is 151 cm³/mol. The zero-order valence-corrected chi connectivity index (χ0v) is 23.7. The average molecular weight is 499 g/mol. The Morgan fingerprint density at radius 2 is 0.806 bits per heavy atom. The Hall–Kier alpha value is -2.44. The Balaban J connectivity index is 1.61. The van der Waals surface area contributed by atoms with Crippen LogP contribution in [0, 0.1) is 0 Å². The van der Waals surface area contributed by atoms with E-state index in [1.807, 2.05) is 48.5 Å². The van der Waals surface area contributed by atoms with Gasteiger partial charge >= 0.3 is 0 Å². The number of benzene rings is 2. The zero-order chi connectivity index (χ0) is 26.3. The molecule has 0 fully saturated rings. The lowest BCUT2D eigenvalue weighted by atomic mass is 10.2. The highest BCUT2D eigenvalue weighted by atomic mass is 16.5. The zero-order valence-electron chi connectivity index (χ0n) is 23.7. The summed E-state index contributed by atoms with van der Waals surface area (Å²) in [7, 11) is 13.5. The Bertz CT molecular complexity index is 792. The lowest BCUT2D eigenvalue weighted by Crippen LogP contribution is -2.35. The number of rotatable bonds is 18. The van der Waals surface area contributed by atoms with Gasteiger partial charge in [0.25, 0.3) is 0 Å². The first-order valence-electron chi connectivity index (χ1n) is 13.6. The van der Waals surface area contributed by atoms with Crippen LogP contribution >= 0.6 is 0 Å². The van der Waals surface area contributed by atoms with Gasteiger partial charge in [0.05, 0.1) is 80.0 Å². The van der Waals surface area contributed by atoms with Crippen LogP contribution in [0.25, 0.3) is 0 Å². The van der Waals surface area contributed by atoms with Crippen molar-refractivity contribution in [3.05, 3.63) is 48.5 Å². The van der Waals surface area contributed by atoms with E-state index in [1.54, 1.807) is 0 Å². The van der Waals surface area contributed by atoms with Gasteiger partial charge in [0.2, 0.25) is 0 Å². The molecule has 2 rings (SSSR count). The molecule has 0 unspecified atom stereocenters. The normalized spacial score (nSPS) is 12.3. The summed E-state index contributed by atoms with van der Waals surface area (Å²) < 4.78 is 13.8. The molecule has 200 valence electrons. The number of azo groups is 1. The van der Waals surface area contributed by atoms with Crippen LogP contribution in [0.1, 0.15) is 51.4 Å². The van der Waals surface area contributed by atoms with E-state index in [1.165, 1.54) is 51.6 Å². The first-order valence-corrected chi connectivity index (χ1v) is 13.6. The molecule has 0 amide bonds. The van der Waals surface area contributed by atoms with Gasteiger partial charge in [-0.3, -0.25) is 0 Å². The molecule has 2 aromatic carbocycles. The van der Waals surface area contributed by atoms with Crippen LogP contribution in [0.3, 0.4) is 0 Å². The lowest BCUT2D eigenvalue weighted by Gasteiger charge is -2.23. The van der Waals surface area contributed by atoms with E-state index in [0.717, 1.165) is 57.9 Å². The summed E-state index contributed by atoms with van der Waals surface area (Å²) >= 11 is 0. The van der Waals surface area contributed by atoms with Crippen LogP contribution in [0.5, 0.6) is 11.5 Å². The minimum atomic E-state index is 0.760. The van der Waals surface area contributed by atoms with Gasteiger partial charge in [-0.2, -0.15) is 10.2 Å². The van der Waals surface area contributed by atoms with Gasteiger partial charge in [-0.1, -0.05) is 0 Å². The van der Waals surface area contributed by atoms with E-state index in [0.29, 0.717) is 0 Å². The molecule has 0 bridgehead atoms. The van der Waals surface area contributed by atoms with E-state index < -0.39 is 0 Å². The topological polar surface area (TPSA) is 43.2 Å². The van der Waals surface area contributed by atoms with Crippen LogP contribution < -0.4 is 9.47 Å². The minimum absolute atomic E-state index is 0.760. The molecule has 0 aliphatic rings. The summed E-state index contributed by atoms with van der Waals surface area (Å²) in [5.74, 6) is 1.77. The van der Waals surface area contributed by atoms with Crippen molar-refractivity contribution in [2.75, 3.05) is 68.6 Å². The van der Waals surface area contributed by atoms with Crippen molar-refractivity contribution in [1.29, 1.82) is 0 Å². The van der Waals surface area contributed by atoms with E-state index in [4.69, 9.17) is 9.47 Å². The second-order valence-corrected chi connectivity index (χ2v) is 11.7. The molecule has 0 heterocycles. The second-order valence-electron chi connectivity index (χ2n) is 11.7. The number of hydrogen-bond acceptors (Lipinski definition) is 4. The van der Waals surface area contributed by atoms with Gasteiger partial charge in [0.1, 0.15) is 11.5 Å². The van der Waals surface area contributed by atoms with Crippen molar-refractivity contribution in [1.82, 2.24) is 0 Å². The highest BCUT2D eigenvalue weighted by Gasteiger charge is 2.06. The molecule has 0 aromatic heterocycles. The standard InChI is InChI=1S/C30H50N4O2/c1-33(2,3)23-11-7-9-13-25-35-29-19-15-27(16-20-29)31-32-28-17-21-30(22-18-28)36-26-14-10-8-12-24-34(4,5)6/h15-22H,7-14,23-26H2,1-6H3/q+2. The maximum atomic E-state index is 5.87. The SMILES string of the molecule is C[N+](C)(C)CCCCCCOc1ccc(N=Nc2ccc(OCCCCCC[N+](C)(C)C)cc2)cc1. The van der Waals surface area contributed by atoms with Crippen molar-refractivity contribution in [3.63, 3.8) is 0 Å². The fourth-order valence-electron chi connectivity index (χ4n) is 3.80. The van der Waals surface area contributed by atoms with Gasteiger partial charge in [0.15, 0.2) is 0 Å². The number of ether oxygens (including phenoxy) is 2. The largest absolute Gasteiger partial charge is 0.494 e. The number of unbranched alkanes of at least 4 members (excludes halogenated alkanes) is 6. The highest BCUT2D eigenvalue weighted by molar-refractivity contribution is 5.44. The Morgan fingerprint density at radius 3 is 1.14 bits per heavy atom. The molecule has 0 spiro atoms. The monoisotopic (exact) mass is 498 g/mol. The van der Waals surface area contributed by atoms with Crippen molar-refractivity contribution >= 4 is 11.4 Å². The molecule has 0 aliphatic carbocycles. The number of quaternary nitrogens is 2. The molecule has 6 heteroatoms. The summed E-state index contributed by atoms with van der Waals surface area (Å²) in [5, 5.41) is 8.69. The quantitative estimate of drug-likeness (QED) is 0.122. The van der Waals surface area contributed by atoms with Gasteiger partial charge in [-0.25, -0.2) is 0 Å². The van der Waals surface area contributed by atoms with Crippen molar-refractivity contribution in [2.24, 2.45) is 10.2 Å². The molecular formula is C30H50N4O2+2. The molecule has 0 saturated heterocycles. The third-order valence-electron chi connectivity index (χ3n) is 5.94. The van der Waals surface area contributed by atoms with Crippen molar-refractivity contribution in [2.45, 2.75) is 51.4 Å². The van der Waals surface area contributed by atoms with Crippen LogP contribution in [0.2, 0.25) is 0 Å².